The molecule has 102 valence electrons. The van der Waals surface area contributed by atoms with Gasteiger partial charge in [0.25, 0.3) is 0 Å². The lowest BCUT2D eigenvalue weighted by molar-refractivity contribution is 0.610. The van der Waals surface area contributed by atoms with Gasteiger partial charge >= 0.3 is 0 Å². The molecule has 1 nitrogen and oxygen atoms in total. The maximum Gasteiger partial charge on any atom is -0.00773 e. The van der Waals surface area contributed by atoms with E-state index in [2.05, 4.69) is 19.1 Å². The van der Waals surface area contributed by atoms with E-state index in [9.17, 15) is 0 Å². The first-order valence-electron chi connectivity index (χ1n) is 7.77. The Labute approximate surface area is 109 Å². The van der Waals surface area contributed by atoms with Gasteiger partial charge in [0.2, 0.25) is 0 Å². The molecule has 0 rings (SSSR count). The summed E-state index contributed by atoms with van der Waals surface area (Å²) in [7, 11) is 0. The van der Waals surface area contributed by atoms with Crippen molar-refractivity contribution in [3.63, 3.8) is 0 Å². The summed E-state index contributed by atoms with van der Waals surface area (Å²) in [6.07, 6.45) is 20.9. The van der Waals surface area contributed by atoms with Gasteiger partial charge in [-0.15, -0.1) is 0 Å². The molecule has 0 bridgehead atoms. The zero-order valence-corrected chi connectivity index (χ0v) is 11.9. The molecule has 0 aliphatic carbocycles. The molecule has 1 heteroatoms. The van der Waals surface area contributed by atoms with Crippen LogP contribution in [-0.4, -0.2) is 6.54 Å². The maximum absolute atomic E-state index is 5.45. The van der Waals surface area contributed by atoms with Crippen molar-refractivity contribution >= 4 is 0 Å². The van der Waals surface area contributed by atoms with Crippen LogP contribution in [0.15, 0.2) is 12.2 Å². The summed E-state index contributed by atoms with van der Waals surface area (Å²) in [5.41, 5.74) is 5.45. The monoisotopic (exact) mass is 239 g/mol. The van der Waals surface area contributed by atoms with Crippen LogP contribution in [0.25, 0.3) is 0 Å². The van der Waals surface area contributed by atoms with Gasteiger partial charge in [-0.05, 0) is 38.6 Å². The third kappa shape index (κ3) is 15.7. The molecule has 0 spiro atoms. The fourth-order valence-corrected chi connectivity index (χ4v) is 2.04. The number of allylic oxidation sites excluding steroid dienone is 2. The zero-order valence-electron chi connectivity index (χ0n) is 11.9. The number of unbranched alkanes of at least 4 members (excludes halogenated alkanes) is 10. The third-order valence-corrected chi connectivity index (χ3v) is 3.22. The first-order valence-corrected chi connectivity index (χ1v) is 7.77. The molecule has 0 aromatic carbocycles. The molecule has 0 radical (unpaired) electrons. The first-order chi connectivity index (χ1) is 8.41. The fraction of sp³-hybridized carbons (Fsp3) is 0.875. The van der Waals surface area contributed by atoms with E-state index in [0.29, 0.717) is 0 Å². The molecule has 0 atom stereocenters. The molecule has 0 aliphatic rings. The van der Waals surface area contributed by atoms with Gasteiger partial charge in [0.05, 0.1) is 0 Å². The summed E-state index contributed by atoms with van der Waals surface area (Å²) in [6.45, 7) is 3.13. The topological polar surface area (TPSA) is 26.0 Å². The van der Waals surface area contributed by atoms with Crippen LogP contribution < -0.4 is 5.73 Å². The Hall–Kier alpha value is -0.300. The summed E-state index contributed by atoms with van der Waals surface area (Å²) in [6, 6.07) is 0. The first kappa shape index (κ1) is 16.7. The third-order valence-electron chi connectivity index (χ3n) is 3.22. The largest absolute Gasteiger partial charge is 0.330 e. The minimum Gasteiger partial charge on any atom is -0.330 e. The van der Waals surface area contributed by atoms with Gasteiger partial charge in [-0.2, -0.15) is 0 Å². The molecule has 0 saturated carbocycles. The van der Waals surface area contributed by atoms with Crippen molar-refractivity contribution in [1.82, 2.24) is 0 Å². The number of hydrogen-bond acceptors (Lipinski definition) is 1. The van der Waals surface area contributed by atoms with Crippen LogP contribution in [0.1, 0.15) is 84.0 Å². The molecule has 17 heavy (non-hydrogen) atoms. The fourth-order valence-electron chi connectivity index (χ4n) is 2.04. The van der Waals surface area contributed by atoms with Crippen LogP contribution in [0.5, 0.6) is 0 Å². The molecule has 0 aliphatic heterocycles. The van der Waals surface area contributed by atoms with Crippen molar-refractivity contribution in [2.24, 2.45) is 5.73 Å². The summed E-state index contributed by atoms with van der Waals surface area (Å²) < 4.78 is 0. The minimum atomic E-state index is 0.855. The normalized spacial score (nSPS) is 11.4. The molecule has 0 saturated heterocycles. The van der Waals surface area contributed by atoms with Crippen molar-refractivity contribution in [3.05, 3.63) is 12.2 Å². The molecule has 0 fully saturated rings. The van der Waals surface area contributed by atoms with E-state index in [0.717, 1.165) is 6.54 Å². The number of hydrogen-bond donors (Lipinski definition) is 1. The molecule has 2 N–H and O–H groups in total. The molecule has 0 amide bonds. The summed E-state index contributed by atoms with van der Waals surface area (Å²) >= 11 is 0. The molecular weight excluding hydrogens is 206 g/mol. The van der Waals surface area contributed by atoms with Crippen molar-refractivity contribution in [1.29, 1.82) is 0 Å². The maximum atomic E-state index is 5.45. The molecule has 0 unspecified atom stereocenters. The van der Waals surface area contributed by atoms with Crippen LogP contribution >= 0.6 is 0 Å². The Morgan fingerprint density at radius 1 is 0.647 bits per heavy atom. The number of nitrogens with two attached hydrogens (primary N) is 1. The standard InChI is InChI=1S/C16H33N/c1-2-3-4-5-6-7-8-9-10-11-12-13-14-15-16-17/h9-10H,2-8,11-17H2,1H3/b10-9+. The Kier molecular flexibility index (Phi) is 15.4. The lowest BCUT2D eigenvalue weighted by Gasteiger charge is -1.98. The second kappa shape index (κ2) is 15.7. The SMILES string of the molecule is CCCCCCCC/C=C/CCCCCCN. The van der Waals surface area contributed by atoms with Crippen LogP contribution in [0.3, 0.4) is 0 Å². The second-order valence-corrected chi connectivity index (χ2v) is 5.02. The van der Waals surface area contributed by atoms with Crippen LogP contribution in [0, 0.1) is 0 Å². The summed E-state index contributed by atoms with van der Waals surface area (Å²) in [4.78, 5) is 0. The second-order valence-electron chi connectivity index (χ2n) is 5.02. The average Bonchev–Trinajstić information content (AvgIpc) is 2.35. The van der Waals surface area contributed by atoms with Gasteiger partial charge in [-0.1, -0.05) is 64.0 Å². The van der Waals surface area contributed by atoms with Crippen molar-refractivity contribution < 1.29 is 0 Å². The zero-order chi connectivity index (χ0) is 12.6. The van der Waals surface area contributed by atoms with Crippen LogP contribution in [0.4, 0.5) is 0 Å². The van der Waals surface area contributed by atoms with Gasteiger partial charge in [0, 0.05) is 0 Å². The Balaban J connectivity index is 2.99. The summed E-state index contributed by atoms with van der Waals surface area (Å²) in [5, 5.41) is 0. The highest BCUT2D eigenvalue weighted by atomic mass is 14.5. The van der Waals surface area contributed by atoms with E-state index in [1.54, 1.807) is 0 Å². The highest BCUT2D eigenvalue weighted by molar-refractivity contribution is 4.81. The average molecular weight is 239 g/mol. The summed E-state index contributed by atoms with van der Waals surface area (Å²) in [5.74, 6) is 0. The van der Waals surface area contributed by atoms with Gasteiger partial charge in [-0.25, -0.2) is 0 Å². The van der Waals surface area contributed by atoms with Crippen molar-refractivity contribution in [2.45, 2.75) is 84.0 Å². The van der Waals surface area contributed by atoms with E-state index >= 15 is 0 Å². The molecule has 0 aromatic rings. The Bertz CT molecular complexity index is 152. The van der Waals surface area contributed by atoms with Crippen LogP contribution in [0.2, 0.25) is 0 Å². The van der Waals surface area contributed by atoms with Gasteiger partial charge in [0.1, 0.15) is 0 Å². The van der Waals surface area contributed by atoms with Crippen molar-refractivity contribution in [3.8, 4) is 0 Å². The number of rotatable bonds is 13. The lowest BCUT2D eigenvalue weighted by Crippen LogP contribution is -1.97. The van der Waals surface area contributed by atoms with E-state index in [1.807, 2.05) is 0 Å². The Morgan fingerprint density at radius 2 is 1.12 bits per heavy atom. The van der Waals surface area contributed by atoms with E-state index in [4.69, 9.17) is 5.73 Å². The highest BCUT2D eigenvalue weighted by Gasteiger charge is 1.89. The Morgan fingerprint density at radius 3 is 1.65 bits per heavy atom. The lowest BCUT2D eigenvalue weighted by atomic mass is 10.1. The van der Waals surface area contributed by atoms with Gasteiger partial charge in [0.15, 0.2) is 0 Å². The van der Waals surface area contributed by atoms with Gasteiger partial charge in [-0.3, -0.25) is 0 Å². The minimum absolute atomic E-state index is 0.855. The molecule has 0 aromatic heterocycles. The molecule has 0 heterocycles. The quantitative estimate of drug-likeness (QED) is 0.347. The predicted octanol–water partition coefficient (Wildman–Crippen LogP) is 5.20. The predicted molar refractivity (Wildman–Crippen MR) is 79.3 cm³/mol. The van der Waals surface area contributed by atoms with Gasteiger partial charge < -0.3 is 5.73 Å². The van der Waals surface area contributed by atoms with E-state index in [1.165, 1.54) is 77.0 Å². The van der Waals surface area contributed by atoms with E-state index in [-0.39, 0.29) is 0 Å². The smallest absolute Gasteiger partial charge is 0.00773 e. The highest BCUT2D eigenvalue weighted by Crippen LogP contribution is 2.08. The van der Waals surface area contributed by atoms with E-state index < -0.39 is 0 Å². The van der Waals surface area contributed by atoms with Crippen molar-refractivity contribution in [2.75, 3.05) is 6.54 Å². The van der Waals surface area contributed by atoms with Crippen LogP contribution in [-0.2, 0) is 0 Å². The molecular formula is C16H33N.